The predicted octanol–water partition coefficient (Wildman–Crippen LogP) is 3.84. The molecule has 9 heteroatoms. The van der Waals surface area contributed by atoms with Crippen molar-refractivity contribution in [2.24, 2.45) is 0 Å². The number of hydrogen-bond donors (Lipinski definition) is 1. The van der Waals surface area contributed by atoms with E-state index in [0.717, 1.165) is 0 Å². The Balaban J connectivity index is 1.72. The molecule has 0 bridgehead atoms. The third kappa shape index (κ3) is 6.00. The Bertz CT molecular complexity index is 963. The summed E-state index contributed by atoms with van der Waals surface area (Å²) in [5.74, 6) is 1.14. The fourth-order valence-corrected chi connectivity index (χ4v) is 3.15. The van der Waals surface area contributed by atoms with Crippen LogP contribution in [0.2, 0.25) is 0 Å². The molecule has 1 atom stereocenters. The molecule has 1 heterocycles. The van der Waals surface area contributed by atoms with Gasteiger partial charge in [0.2, 0.25) is 5.75 Å². The van der Waals surface area contributed by atoms with Crippen LogP contribution < -0.4 is 29.0 Å². The number of hydrogen-bond acceptors (Lipinski definition) is 8. The quantitative estimate of drug-likeness (QED) is 0.535. The SMILES string of the molecule is CCOc1cc(C(=O)OC(C)C(=O)Nc2ccc3c(c2)OCCO3)cc(OCC)c1OCC. The fourth-order valence-electron chi connectivity index (χ4n) is 3.15. The van der Waals surface area contributed by atoms with Crippen molar-refractivity contribution in [2.45, 2.75) is 33.8 Å². The van der Waals surface area contributed by atoms with Crippen LogP contribution in [0.5, 0.6) is 28.7 Å². The van der Waals surface area contributed by atoms with E-state index in [1.54, 1.807) is 18.2 Å². The topological polar surface area (TPSA) is 102 Å². The van der Waals surface area contributed by atoms with Crippen LogP contribution in [0.15, 0.2) is 30.3 Å². The Morgan fingerprint density at radius 1 is 0.909 bits per heavy atom. The standard InChI is InChI=1S/C24H29NO8/c1-5-28-20-12-16(13-21(29-6-2)22(20)30-7-3)24(27)33-15(4)23(26)25-17-8-9-18-19(14-17)32-11-10-31-18/h8-9,12-15H,5-7,10-11H2,1-4H3,(H,25,26). The van der Waals surface area contributed by atoms with Crippen molar-refractivity contribution in [1.29, 1.82) is 0 Å². The minimum atomic E-state index is -1.05. The van der Waals surface area contributed by atoms with E-state index in [4.69, 9.17) is 28.4 Å². The van der Waals surface area contributed by atoms with E-state index >= 15 is 0 Å². The average molecular weight is 459 g/mol. The highest BCUT2D eigenvalue weighted by molar-refractivity contribution is 5.98. The van der Waals surface area contributed by atoms with Crippen LogP contribution >= 0.6 is 0 Å². The van der Waals surface area contributed by atoms with E-state index in [9.17, 15) is 9.59 Å². The van der Waals surface area contributed by atoms with Crippen LogP contribution in [0.3, 0.4) is 0 Å². The summed E-state index contributed by atoms with van der Waals surface area (Å²) in [4.78, 5) is 25.4. The molecule has 1 N–H and O–H groups in total. The Morgan fingerprint density at radius 3 is 2.12 bits per heavy atom. The normalized spacial score (nSPS) is 13.0. The van der Waals surface area contributed by atoms with E-state index in [0.29, 0.717) is 67.5 Å². The van der Waals surface area contributed by atoms with Crippen molar-refractivity contribution in [3.05, 3.63) is 35.9 Å². The minimum Gasteiger partial charge on any atom is -0.490 e. The fraction of sp³-hybridized carbons (Fsp3) is 0.417. The van der Waals surface area contributed by atoms with Gasteiger partial charge in [0.25, 0.3) is 5.91 Å². The second-order valence-electron chi connectivity index (χ2n) is 7.00. The molecule has 1 aliphatic heterocycles. The Hall–Kier alpha value is -3.62. The Labute approximate surface area is 192 Å². The summed E-state index contributed by atoms with van der Waals surface area (Å²) in [5.41, 5.74) is 0.690. The third-order valence-corrected chi connectivity index (χ3v) is 4.61. The maximum atomic E-state index is 12.8. The van der Waals surface area contributed by atoms with Gasteiger partial charge in [-0.15, -0.1) is 0 Å². The lowest BCUT2D eigenvalue weighted by molar-refractivity contribution is -0.123. The molecule has 0 spiro atoms. The summed E-state index contributed by atoms with van der Waals surface area (Å²) < 4.78 is 33.3. The van der Waals surface area contributed by atoms with Crippen LogP contribution in [0, 0.1) is 0 Å². The number of esters is 1. The highest BCUT2D eigenvalue weighted by Crippen LogP contribution is 2.39. The Kier molecular flexibility index (Phi) is 8.23. The molecule has 1 aliphatic rings. The van der Waals surface area contributed by atoms with Crippen LogP contribution in [0.1, 0.15) is 38.1 Å². The van der Waals surface area contributed by atoms with Gasteiger partial charge in [-0.1, -0.05) is 0 Å². The van der Waals surface area contributed by atoms with Gasteiger partial charge in [-0.2, -0.15) is 0 Å². The van der Waals surface area contributed by atoms with Crippen molar-refractivity contribution in [1.82, 2.24) is 0 Å². The molecule has 178 valence electrons. The van der Waals surface area contributed by atoms with Gasteiger partial charge in [-0.3, -0.25) is 4.79 Å². The zero-order chi connectivity index (χ0) is 23.8. The summed E-state index contributed by atoms with van der Waals surface area (Å²) >= 11 is 0. The molecule has 0 fully saturated rings. The highest BCUT2D eigenvalue weighted by atomic mass is 16.6. The first kappa shape index (κ1) is 24.0. The lowest BCUT2D eigenvalue weighted by Gasteiger charge is -2.20. The molecule has 2 aromatic carbocycles. The zero-order valence-corrected chi connectivity index (χ0v) is 19.3. The molecule has 1 amide bonds. The Morgan fingerprint density at radius 2 is 1.52 bits per heavy atom. The molecule has 1 unspecified atom stereocenters. The molecule has 0 aromatic heterocycles. The monoisotopic (exact) mass is 459 g/mol. The van der Waals surface area contributed by atoms with Crippen LogP contribution in [-0.4, -0.2) is 51.0 Å². The van der Waals surface area contributed by atoms with Gasteiger partial charge >= 0.3 is 5.97 Å². The van der Waals surface area contributed by atoms with Crippen LogP contribution in [0.25, 0.3) is 0 Å². The predicted molar refractivity (Wildman–Crippen MR) is 121 cm³/mol. The van der Waals surface area contributed by atoms with Crippen molar-refractivity contribution < 1.29 is 38.0 Å². The lowest BCUT2D eigenvalue weighted by Crippen LogP contribution is -2.30. The second kappa shape index (κ2) is 11.3. The van der Waals surface area contributed by atoms with Gasteiger partial charge < -0.3 is 33.7 Å². The molecule has 9 nitrogen and oxygen atoms in total. The van der Waals surface area contributed by atoms with E-state index in [-0.39, 0.29) is 5.56 Å². The van der Waals surface area contributed by atoms with Crippen molar-refractivity contribution >= 4 is 17.6 Å². The van der Waals surface area contributed by atoms with E-state index in [2.05, 4.69) is 5.32 Å². The second-order valence-corrected chi connectivity index (χ2v) is 7.00. The molecule has 3 rings (SSSR count). The molecule has 0 saturated carbocycles. The van der Waals surface area contributed by atoms with E-state index in [1.807, 2.05) is 20.8 Å². The number of amides is 1. The van der Waals surface area contributed by atoms with Crippen molar-refractivity contribution in [3.63, 3.8) is 0 Å². The number of carbonyl (C=O) groups is 2. The number of benzene rings is 2. The number of nitrogens with one attached hydrogen (secondary N) is 1. The zero-order valence-electron chi connectivity index (χ0n) is 19.3. The van der Waals surface area contributed by atoms with Gasteiger partial charge in [0.15, 0.2) is 29.1 Å². The molecule has 0 radical (unpaired) electrons. The number of carbonyl (C=O) groups excluding carboxylic acids is 2. The summed E-state index contributed by atoms with van der Waals surface area (Å²) in [7, 11) is 0. The number of fused-ring (bicyclic) bond motifs is 1. The molecular weight excluding hydrogens is 430 g/mol. The van der Waals surface area contributed by atoms with Crippen LogP contribution in [0.4, 0.5) is 5.69 Å². The smallest absolute Gasteiger partial charge is 0.339 e. The summed E-state index contributed by atoms with van der Waals surface area (Å²) in [6, 6.07) is 8.10. The molecule has 0 aliphatic carbocycles. The van der Waals surface area contributed by atoms with Gasteiger partial charge in [0, 0.05) is 11.8 Å². The van der Waals surface area contributed by atoms with Gasteiger partial charge in [-0.05, 0) is 52.0 Å². The molecule has 33 heavy (non-hydrogen) atoms. The van der Waals surface area contributed by atoms with Gasteiger partial charge in [0.05, 0.1) is 25.4 Å². The van der Waals surface area contributed by atoms with Gasteiger partial charge in [-0.25, -0.2) is 4.79 Å². The number of anilines is 1. The van der Waals surface area contributed by atoms with Crippen molar-refractivity contribution in [2.75, 3.05) is 38.4 Å². The average Bonchev–Trinajstić information content (AvgIpc) is 2.81. The summed E-state index contributed by atoms with van der Waals surface area (Å²) in [6.45, 7) is 9.05. The molecule has 2 aromatic rings. The first-order valence-electron chi connectivity index (χ1n) is 10.9. The summed E-state index contributed by atoms with van der Waals surface area (Å²) in [6.07, 6.45) is -1.05. The first-order chi connectivity index (χ1) is 16.0. The van der Waals surface area contributed by atoms with Crippen molar-refractivity contribution in [3.8, 4) is 28.7 Å². The first-order valence-corrected chi connectivity index (χ1v) is 10.9. The summed E-state index contributed by atoms with van der Waals surface area (Å²) in [5, 5.41) is 2.72. The molecular formula is C24H29NO8. The lowest BCUT2D eigenvalue weighted by atomic mass is 10.1. The molecule has 0 saturated heterocycles. The van der Waals surface area contributed by atoms with E-state index < -0.39 is 18.0 Å². The van der Waals surface area contributed by atoms with Crippen LogP contribution in [-0.2, 0) is 9.53 Å². The maximum Gasteiger partial charge on any atom is 0.339 e. The third-order valence-electron chi connectivity index (χ3n) is 4.61. The number of rotatable bonds is 10. The van der Waals surface area contributed by atoms with E-state index in [1.165, 1.54) is 19.1 Å². The maximum absolute atomic E-state index is 12.8. The van der Waals surface area contributed by atoms with Gasteiger partial charge in [0.1, 0.15) is 13.2 Å². The largest absolute Gasteiger partial charge is 0.490 e. The minimum absolute atomic E-state index is 0.185. The number of ether oxygens (including phenoxy) is 6. The highest BCUT2D eigenvalue weighted by Gasteiger charge is 2.23.